The van der Waals surface area contributed by atoms with Gasteiger partial charge in [-0.15, -0.1) is 0 Å². The number of ketones is 1. The molecule has 1 atom stereocenters. The maximum absolute atomic E-state index is 11.0. The Labute approximate surface area is 103 Å². The second kappa shape index (κ2) is 5.92. The SMILES string of the molecule is CC(=O)C(=O)Oc1ccc(C[C@H](N)C(=O)O)cc1. The fourth-order valence-electron chi connectivity index (χ4n) is 1.21. The predicted octanol–water partition coefficient (Wildman–Crippen LogP) is 0.135. The molecule has 0 saturated carbocycles. The molecule has 0 unspecified atom stereocenters. The molecule has 0 aliphatic carbocycles. The molecule has 0 saturated heterocycles. The Kier molecular flexibility index (Phi) is 4.56. The third-order valence-corrected chi connectivity index (χ3v) is 2.19. The highest BCUT2D eigenvalue weighted by Gasteiger charge is 2.13. The van der Waals surface area contributed by atoms with E-state index in [0.717, 1.165) is 6.92 Å². The van der Waals surface area contributed by atoms with E-state index in [2.05, 4.69) is 0 Å². The predicted molar refractivity (Wildman–Crippen MR) is 62.1 cm³/mol. The molecular weight excluding hydrogens is 238 g/mol. The van der Waals surface area contributed by atoms with Gasteiger partial charge in [-0.1, -0.05) is 12.1 Å². The fourth-order valence-corrected chi connectivity index (χ4v) is 1.21. The molecule has 1 rings (SSSR count). The first kappa shape index (κ1) is 13.9. The molecule has 0 aromatic heterocycles. The van der Waals surface area contributed by atoms with Crippen molar-refractivity contribution in [2.24, 2.45) is 5.73 Å². The summed E-state index contributed by atoms with van der Waals surface area (Å²) in [5, 5.41) is 8.65. The van der Waals surface area contributed by atoms with Crippen molar-refractivity contribution in [3.8, 4) is 5.75 Å². The first-order valence-electron chi connectivity index (χ1n) is 5.20. The van der Waals surface area contributed by atoms with Gasteiger partial charge in [0.2, 0.25) is 5.78 Å². The van der Waals surface area contributed by atoms with Crippen LogP contribution in [0.3, 0.4) is 0 Å². The standard InChI is InChI=1S/C12H13NO5/c1-7(14)12(17)18-9-4-2-8(3-5-9)6-10(13)11(15)16/h2-5,10H,6,13H2,1H3,(H,15,16)/t10-/m0/s1. The number of carbonyl (C=O) groups excluding carboxylic acids is 2. The van der Waals surface area contributed by atoms with Gasteiger partial charge < -0.3 is 15.6 Å². The zero-order chi connectivity index (χ0) is 13.7. The van der Waals surface area contributed by atoms with Crippen molar-refractivity contribution in [2.75, 3.05) is 0 Å². The average molecular weight is 251 g/mol. The number of carboxylic acids is 1. The highest BCUT2D eigenvalue weighted by atomic mass is 16.5. The molecule has 0 aliphatic rings. The molecule has 0 spiro atoms. The lowest BCUT2D eigenvalue weighted by molar-refractivity contribution is -0.146. The topological polar surface area (TPSA) is 107 Å². The minimum Gasteiger partial charge on any atom is -0.480 e. The molecule has 3 N–H and O–H groups in total. The summed E-state index contributed by atoms with van der Waals surface area (Å²) in [5.74, 6) is -2.48. The molecule has 6 nitrogen and oxygen atoms in total. The van der Waals surface area contributed by atoms with E-state index in [0.29, 0.717) is 5.56 Å². The maximum atomic E-state index is 11.0. The summed E-state index contributed by atoms with van der Waals surface area (Å²) in [6.07, 6.45) is 0.177. The largest absolute Gasteiger partial charge is 0.480 e. The molecule has 6 heteroatoms. The molecule has 96 valence electrons. The lowest BCUT2D eigenvalue weighted by Gasteiger charge is -2.07. The van der Waals surface area contributed by atoms with Crippen LogP contribution in [0.4, 0.5) is 0 Å². The number of aliphatic carboxylic acids is 1. The third kappa shape index (κ3) is 3.99. The molecular formula is C12H13NO5. The van der Waals surface area contributed by atoms with Crippen LogP contribution in [0.15, 0.2) is 24.3 Å². The summed E-state index contributed by atoms with van der Waals surface area (Å²) in [7, 11) is 0. The minimum atomic E-state index is -1.08. The average Bonchev–Trinajstić information content (AvgIpc) is 2.31. The summed E-state index contributed by atoms with van der Waals surface area (Å²) in [4.78, 5) is 32.2. The van der Waals surface area contributed by atoms with E-state index in [1.165, 1.54) is 12.1 Å². The molecule has 0 radical (unpaired) electrons. The van der Waals surface area contributed by atoms with Crippen molar-refractivity contribution in [3.63, 3.8) is 0 Å². The molecule has 0 fully saturated rings. The Hall–Kier alpha value is -2.21. The minimum absolute atomic E-state index is 0.177. The van der Waals surface area contributed by atoms with Gasteiger partial charge in [0, 0.05) is 6.92 Å². The van der Waals surface area contributed by atoms with Crippen LogP contribution in [-0.4, -0.2) is 28.9 Å². The Morgan fingerprint density at radius 1 is 1.28 bits per heavy atom. The Balaban J connectivity index is 2.66. The first-order valence-corrected chi connectivity index (χ1v) is 5.20. The number of ether oxygens (including phenoxy) is 1. The van der Waals surface area contributed by atoms with Crippen LogP contribution >= 0.6 is 0 Å². The van der Waals surface area contributed by atoms with Crippen LogP contribution in [0.2, 0.25) is 0 Å². The highest BCUT2D eigenvalue weighted by molar-refractivity contribution is 6.33. The monoisotopic (exact) mass is 251 g/mol. The molecule has 0 aliphatic heterocycles. The van der Waals surface area contributed by atoms with Gasteiger partial charge in [0.15, 0.2) is 0 Å². The second-order valence-corrected chi connectivity index (χ2v) is 3.74. The summed E-state index contributed by atoms with van der Waals surface area (Å²) in [5.41, 5.74) is 6.08. The van der Waals surface area contributed by atoms with Gasteiger partial charge in [-0.2, -0.15) is 0 Å². The lowest BCUT2D eigenvalue weighted by Crippen LogP contribution is -2.32. The van der Waals surface area contributed by atoms with Crippen molar-refractivity contribution in [1.82, 2.24) is 0 Å². The summed E-state index contributed by atoms with van der Waals surface area (Å²) < 4.78 is 4.75. The van der Waals surface area contributed by atoms with E-state index < -0.39 is 23.8 Å². The maximum Gasteiger partial charge on any atom is 0.379 e. The van der Waals surface area contributed by atoms with E-state index >= 15 is 0 Å². The van der Waals surface area contributed by atoms with Crippen molar-refractivity contribution in [3.05, 3.63) is 29.8 Å². The van der Waals surface area contributed by atoms with Gasteiger partial charge in [-0.05, 0) is 24.1 Å². The number of carboxylic acid groups (broad SMARTS) is 1. The van der Waals surface area contributed by atoms with Gasteiger partial charge in [0.25, 0.3) is 0 Å². The van der Waals surface area contributed by atoms with E-state index in [1.807, 2.05) is 0 Å². The smallest absolute Gasteiger partial charge is 0.379 e. The van der Waals surface area contributed by atoms with Gasteiger partial charge >= 0.3 is 11.9 Å². The normalized spacial score (nSPS) is 11.7. The molecule has 18 heavy (non-hydrogen) atoms. The molecule has 0 bridgehead atoms. The number of carbonyl (C=O) groups is 3. The number of Topliss-reactive ketones (excluding diaryl/α,β-unsaturated/α-hetero) is 1. The van der Waals surface area contributed by atoms with Crippen LogP contribution in [0.1, 0.15) is 12.5 Å². The Morgan fingerprint density at radius 2 is 1.83 bits per heavy atom. The Morgan fingerprint density at radius 3 is 2.28 bits per heavy atom. The van der Waals surface area contributed by atoms with Crippen LogP contribution in [0, 0.1) is 0 Å². The summed E-state index contributed by atoms with van der Waals surface area (Å²) >= 11 is 0. The van der Waals surface area contributed by atoms with Crippen LogP contribution in [0.5, 0.6) is 5.75 Å². The van der Waals surface area contributed by atoms with Crippen LogP contribution < -0.4 is 10.5 Å². The zero-order valence-corrected chi connectivity index (χ0v) is 9.75. The number of benzene rings is 1. The number of hydrogen-bond acceptors (Lipinski definition) is 5. The first-order chi connectivity index (χ1) is 8.40. The van der Waals surface area contributed by atoms with E-state index in [1.54, 1.807) is 12.1 Å². The highest BCUT2D eigenvalue weighted by Crippen LogP contribution is 2.13. The van der Waals surface area contributed by atoms with Crippen molar-refractivity contribution >= 4 is 17.7 Å². The van der Waals surface area contributed by atoms with Crippen molar-refractivity contribution in [1.29, 1.82) is 0 Å². The van der Waals surface area contributed by atoms with Crippen molar-refractivity contribution in [2.45, 2.75) is 19.4 Å². The number of esters is 1. The fraction of sp³-hybridized carbons (Fsp3) is 0.250. The quantitative estimate of drug-likeness (QED) is 0.438. The van der Waals surface area contributed by atoms with Crippen LogP contribution in [-0.2, 0) is 20.8 Å². The molecule has 1 aromatic carbocycles. The zero-order valence-electron chi connectivity index (χ0n) is 9.75. The van der Waals surface area contributed by atoms with E-state index in [9.17, 15) is 14.4 Å². The van der Waals surface area contributed by atoms with Gasteiger partial charge in [0.1, 0.15) is 11.8 Å². The van der Waals surface area contributed by atoms with Gasteiger partial charge in [-0.3, -0.25) is 9.59 Å². The number of rotatable bonds is 5. The lowest BCUT2D eigenvalue weighted by atomic mass is 10.1. The number of nitrogens with two attached hydrogens (primary N) is 1. The molecule has 0 amide bonds. The Bertz CT molecular complexity index is 466. The third-order valence-electron chi connectivity index (χ3n) is 2.19. The van der Waals surface area contributed by atoms with Gasteiger partial charge in [0.05, 0.1) is 0 Å². The summed E-state index contributed by atoms with van der Waals surface area (Å²) in [6.45, 7) is 1.11. The van der Waals surface area contributed by atoms with E-state index in [-0.39, 0.29) is 12.2 Å². The van der Waals surface area contributed by atoms with Crippen LogP contribution in [0.25, 0.3) is 0 Å². The second-order valence-electron chi connectivity index (χ2n) is 3.74. The number of hydrogen-bond donors (Lipinski definition) is 2. The van der Waals surface area contributed by atoms with Gasteiger partial charge in [-0.25, -0.2) is 4.79 Å². The summed E-state index contributed by atoms with van der Waals surface area (Å²) in [6, 6.07) is 5.16. The van der Waals surface area contributed by atoms with E-state index in [4.69, 9.17) is 15.6 Å². The molecule has 0 heterocycles. The van der Waals surface area contributed by atoms with Crippen molar-refractivity contribution < 1.29 is 24.2 Å². The molecule has 1 aromatic rings.